The maximum absolute atomic E-state index is 14.2. The van der Waals surface area contributed by atoms with E-state index in [0.29, 0.717) is 30.4 Å². The lowest BCUT2D eigenvalue weighted by Crippen LogP contribution is -2.41. The van der Waals surface area contributed by atoms with Crippen LogP contribution >= 0.6 is 0 Å². The van der Waals surface area contributed by atoms with Gasteiger partial charge >= 0.3 is 0 Å². The summed E-state index contributed by atoms with van der Waals surface area (Å²) in [6, 6.07) is 2.58. The number of hydrogen-bond acceptors (Lipinski definition) is 3. The first-order chi connectivity index (χ1) is 14.1. The van der Waals surface area contributed by atoms with Crippen LogP contribution in [0.25, 0.3) is 0 Å². The van der Waals surface area contributed by atoms with Crippen LogP contribution in [-0.4, -0.2) is 53.8 Å². The maximum Gasteiger partial charge on any atom is 0.226 e. The molecule has 0 bridgehead atoms. The minimum absolute atomic E-state index is 0.0350. The standard InChI is InChI=1S/C23H35F2N3O2/c1-6-22(29)28-12-8-10-26(17(4)5)9-7-11-27(23(30)16(2)3)15-18-13-19(24)20(25)14-21(18)28/h13-14,16-17H,6-12,15H2,1-5H3. The van der Waals surface area contributed by atoms with E-state index in [1.807, 2.05) is 13.8 Å². The van der Waals surface area contributed by atoms with Crippen LogP contribution in [-0.2, 0) is 16.1 Å². The van der Waals surface area contributed by atoms with Crippen LogP contribution in [0.2, 0.25) is 0 Å². The lowest BCUT2D eigenvalue weighted by Gasteiger charge is -2.33. The van der Waals surface area contributed by atoms with E-state index in [1.165, 1.54) is 0 Å². The molecule has 1 aliphatic rings. The third-order valence-electron chi connectivity index (χ3n) is 5.61. The zero-order chi connectivity index (χ0) is 22.4. The minimum Gasteiger partial charge on any atom is -0.338 e. The highest BCUT2D eigenvalue weighted by Gasteiger charge is 2.25. The fourth-order valence-corrected chi connectivity index (χ4v) is 3.89. The highest BCUT2D eigenvalue weighted by molar-refractivity contribution is 5.94. The van der Waals surface area contributed by atoms with Crippen LogP contribution in [0, 0.1) is 17.6 Å². The molecule has 30 heavy (non-hydrogen) atoms. The molecule has 0 saturated heterocycles. The summed E-state index contributed by atoms with van der Waals surface area (Å²) < 4.78 is 28.3. The number of benzene rings is 1. The van der Waals surface area contributed by atoms with Gasteiger partial charge in [-0.1, -0.05) is 20.8 Å². The van der Waals surface area contributed by atoms with Crippen molar-refractivity contribution in [3.05, 3.63) is 29.3 Å². The zero-order valence-electron chi connectivity index (χ0n) is 18.9. The second-order valence-corrected chi connectivity index (χ2v) is 8.55. The summed E-state index contributed by atoms with van der Waals surface area (Å²) in [5, 5.41) is 0. The molecule has 5 nitrogen and oxygen atoms in total. The van der Waals surface area contributed by atoms with E-state index in [9.17, 15) is 18.4 Å². The number of rotatable bonds is 3. The smallest absolute Gasteiger partial charge is 0.226 e. The van der Waals surface area contributed by atoms with Crippen molar-refractivity contribution in [2.24, 2.45) is 5.92 Å². The summed E-state index contributed by atoms with van der Waals surface area (Å²) in [6.07, 6.45) is 1.80. The first-order valence-corrected chi connectivity index (χ1v) is 11.0. The third-order valence-corrected chi connectivity index (χ3v) is 5.61. The van der Waals surface area contributed by atoms with Crippen LogP contribution in [0.4, 0.5) is 14.5 Å². The van der Waals surface area contributed by atoms with Gasteiger partial charge in [0, 0.05) is 57.2 Å². The number of halogens is 2. The van der Waals surface area contributed by atoms with Gasteiger partial charge in [0.1, 0.15) is 0 Å². The van der Waals surface area contributed by atoms with Gasteiger partial charge in [-0.15, -0.1) is 0 Å². The van der Waals surface area contributed by atoms with Crippen molar-refractivity contribution >= 4 is 17.5 Å². The monoisotopic (exact) mass is 423 g/mol. The van der Waals surface area contributed by atoms with Crippen molar-refractivity contribution in [3.8, 4) is 0 Å². The average Bonchev–Trinajstić information content (AvgIpc) is 2.69. The fourth-order valence-electron chi connectivity index (χ4n) is 3.89. The quantitative estimate of drug-likeness (QED) is 0.732. The number of carbonyl (C=O) groups excluding carboxylic acids is 2. The normalized spacial score (nSPS) is 17.0. The number of hydrogen-bond donors (Lipinski definition) is 0. The topological polar surface area (TPSA) is 43.9 Å². The molecule has 1 aromatic carbocycles. The molecule has 1 heterocycles. The van der Waals surface area contributed by atoms with Crippen molar-refractivity contribution in [1.29, 1.82) is 0 Å². The Bertz CT molecular complexity index is 752. The van der Waals surface area contributed by atoms with Crippen molar-refractivity contribution in [3.63, 3.8) is 0 Å². The molecule has 168 valence electrons. The van der Waals surface area contributed by atoms with Gasteiger partial charge in [-0.3, -0.25) is 9.59 Å². The van der Waals surface area contributed by atoms with Gasteiger partial charge in [0.2, 0.25) is 11.8 Å². The molecule has 2 amide bonds. The lowest BCUT2D eigenvalue weighted by molar-refractivity contribution is -0.135. The second kappa shape index (κ2) is 10.8. The first kappa shape index (κ1) is 24.3. The largest absolute Gasteiger partial charge is 0.338 e. The fraction of sp³-hybridized carbons (Fsp3) is 0.652. The highest BCUT2D eigenvalue weighted by atomic mass is 19.2. The molecule has 0 aliphatic carbocycles. The van der Waals surface area contributed by atoms with Gasteiger partial charge in [0.15, 0.2) is 11.6 Å². The Balaban J connectivity index is 2.52. The molecule has 0 aromatic heterocycles. The van der Waals surface area contributed by atoms with Crippen LogP contribution in [0.3, 0.4) is 0 Å². The number of fused-ring (bicyclic) bond motifs is 1. The minimum atomic E-state index is -0.986. The number of amides is 2. The van der Waals surface area contributed by atoms with E-state index in [0.717, 1.165) is 38.1 Å². The maximum atomic E-state index is 14.2. The van der Waals surface area contributed by atoms with Gasteiger partial charge in [0.25, 0.3) is 0 Å². The predicted molar refractivity (Wildman–Crippen MR) is 115 cm³/mol. The molecule has 2 rings (SSSR count). The van der Waals surface area contributed by atoms with Gasteiger partial charge in [-0.2, -0.15) is 0 Å². The Morgan fingerprint density at radius 3 is 2.13 bits per heavy atom. The lowest BCUT2D eigenvalue weighted by atomic mass is 10.1. The van der Waals surface area contributed by atoms with Crippen molar-refractivity contribution in [2.75, 3.05) is 31.1 Å². The van der Waals surface area contributed by atoms with Crippen molar-refractivity contribution in [1.82, 2.24) is 9.80 Å². The van der Waals surface area contributed by atoms with E-state index in [4.69, 9.17) is 0 Å². The van der Waals surface area contributed by atoms with Crippen LogP contribution in [0.1, 0.15) is 59.4 Å². The molecule has 7 heteroatoms. The summed E-state index contributed by atoms with van der Waals surface area (Å²) in [7, 11) is 0. The molecule has 0 radical (unpaired) electrons. The van der Waals surface area contributed by atoms with Gasteiger partial charge in [0.05, 0.1) is 5.69 Å². The number of carbonyl (C=O) groups is 2. The zero-order valence-corrected chi connectivity index (χ0v) is 18.9. The summed E-state index contributed by atoms with van der Waals surface area (Å²) in [5.41, 5.74) is 0.824. The Kier molecular flexibility index (Phi) is 8.77. The highest BCUT2D eigenvalue weighted by Crippen LogP contribution is 2.28. The Morgan fingerprint density at radius 1 is 0.967 bits per heavy atom. The summed E-state index contributed by atoms with van der Waals surface area (Å²) in [4.78, 5) is 31.1. The van der Waals surface area contributed by atoms with E-state index in [1.54, 1.807) is 16.7 Å². The molecular formula is C23H35F2N3O2. The molecule has 0 saturated carbocycles. The van der Waals surface area contributed by atoms with E-state index < -0.39 is 11.6 Å². The molecule has 0 atom stereocenters. The van der Waals surface area contributed by atoms with Crippen LogP contribution in [0.5, 0.6) is 0 Å². The molecule has 0 spiro atoms. The summed E-state index contributed by atoms with van der Waals surface area (Å²) >= 11 is 0. The summed E-state index contributed by atoms with van der Waals surface area (Å²) in [6.45, 7) is 12.4. The predicted octanol–water partition coefficient (Wildman–Crippen LogP) is 4.20. The Morgan fingerprint density at radius 2 is 1.57 bits per heavy atom. The van der Waals surface area contributed by atoms with Gasteiger partial charge < -0.3 is 14.7 Å². The number of anilines is 1. The van der Waals surface area contributed by atoms with Crippen LogP contribution < -0.4 is 4.90 Å². The average molecular weight is 424 g/mol. The molecule has 1 aromatic rings. The van der Waals surface area contributed by atoms with E-state index in [2.05, 4.69) is 18.7 Å². The Hall–Kier alpha value is -2.02. The van der Waals surface area contributed by atoms with Crippen molar-refractivity contribution in [2.45, 2.75) is 66.5 Å². The molecule has 1 aliphatic heterocycles. The van der Waals surface area contributed by atoms with E-state index in [-0.39, 0.29) is 30.7 Å². The third kappa shape index (κ3) is 6.00. The molecule has 0 fully saturated rings. The molecular weight excluding hydrogens is 388 g/mol. The van der Waals surface area contributed by atoms with Crippen LogP contribution in [0.15, 0.2) is 12.1 Å². The summed E-state index contributed by atoms with van der Waals surface area (Å²) in [5.74, 6) is -2.33. The van der Waals surface area contributed by atoms with E-state index >= 15 is 0 Å². The van der Waals surface area contributed by atoms with Crippen molar-refractivity contribution < 1.29 is 18.4 Å². The SMILES string of the molecule is CCC(=O)N1CCCN(C(C)C)CCCN(C(=O)C(C)C)Cc2cc(F)c(F)cc21. The molecule has 0 unspecified atom stereocenters. The van der Waals surface area contributed by atoms with Gasteiger partial charge in [-0.05, 0) is 38.3 Å². The first-order valence-electron chi connectivity index (χ1n) is 11.0. The second-order valence-electron chi connectivity index (χ2n) is 8.55. The number of nitrogens with zero attached hydrogens (tertiary/aromatic N) is 3. The van der Waals surface area contributed by atoms with Gasteiger partial charge in [-0.25, -0.2) is 8.78 Å². The molecule has 0 N–H and O–H groups in total. The Labute approximate surface area is 179 Å².